The van der Waals surface area contributed by atoms with Gasteiger partial charge in [-0.2, -0.15) is 0 Å². The van der Waals surface area contributed by atoms with Gasteiger partial charge in [0.2, 0.25) is 0 Å². The molecule has 0 saturated carbocycles. The maximum Gasteiger partial charge on any atom is 0.258 e. The average molecular weight is 437 g/mol. The van der Waals surface area contributed by atoms with Gasteiger partial charge in [0.25, 0.3) is 5.91 Å². The van der Waals surface area contributed by atoms with Crippen molar-refractivity contribution in [1.29, 1.82) is 0 Å². The topological polar surface area (TPSA) is 76.1 Å². The summed E-state index contributed by atoms with van der Waals surface area (Å²) >= 11 is 1.15. The highest BCUT2D eigenvalue weighted by molar-refractivity contribution is 7.91. The third-order valence-electron chi connectivity index (χ3n) is 4.01. The fourth-order valence-electron chi connectivity index (χ4n) is 2.83. The standard InChI is InChI=1S/C20H18F2N2O3S2/c1-2-7-29(26,27)18-6-4-3-5-17(18)19(25)24-20-23-12-16(28-20)10-13-8-14(21)11-15(22)9-13/h3-6,8-9,11-12H,2,7,10H2,1H3,(H,23,24,25). The van der Waals surface area contributed by atoms with Crippen molar-refractivity contribution in [3.05, 3.63) is 76.3 Å². The molecule has 0 saturated heterocycles. The van der Waals surface area contributed by atoms with Crippen molar-refractivity contribution in [3.8, 4) is 0 Å². The van der Waals surface area contributed by atoms with E-state index in [0.717, 1.165) is 17.4 Å². The van der Waals surface area contributed by atoms with Crippen LogP contribution in [0.4, 0.5) is 13.9 Å². The number of carbonyl (C=O) groups excluding carboxylic acids is 1. The minimum absolute atomic E-state index is 0.0219. The first kappa shape index (κ1) is 21.1. The monoisotopic (exact) mass is 436 g/mol. The molecular formula is C20H18F2N2O3S2. The van der Waals surface area contributed by atoms with E-state index < -0.39 is 27.4 Å². The van der Waals surface area contributed by atoms with E-state index in [-0.39, 0.29) is 27.8 Å². The third kappa shape index (κ3) is 5.24. The van der Waals surface area contributed by atoms with E-state index in [0.29, 0.717) is 16.9 Å². The second kappa shape index (κ2) is 8.79. The molecule has 1 N–H and O–H groups in total. The van der Waals surface area contributed by atoms with Crippen molar-refractivity contribution >= 4 is 32.2 Å². The SMILES string of the molecule is CCCS(=O)(=O)c1ccccc1C(=O)Nc1ncc(Cc2cc(F)cc(F)c2)s1. The largest absolute Gasteiger partial charge is 0.298 e. The molecule has 0 aliphatic rings. The van der Waals surface area contributed by atoms with Crippen molar-refractivity contribution < 1.29 is 22.0 Å². The van der Waals surface area contributed by atoms with Gasteiger partial charge in [-0.25, -0.2) is 22.2 Å². The van der Waals surface area contributed by atoms with Gasteiger partial charge in [0, 0.05) is 23.6 Å². The minimum atomic E-state index is -3.57. The summed E-state index contributed by atoms with van der Waals surface area (Å²) < 4.78 is 51.5. The van der Waals surface area contributed by atoms with Gasteiger partial charge < -0.3 is 0 Å². The molecule has 0 bridgehead atoms. The fraction of sp³-hybridized carbons (Fsp3) is 0.200. The lowest BCUT2D eigenvalue weighted by molar-refractivity contribution is 0.102. The van der Waals surface area contributed by atoms with Crippen LogP contribution in [-0.2, 0) is 16.3 Å². The Kier molecular flexibility index (Phi) is 6.39. The highest BCUT2D eigenvalue weighted by Crippen LogP contribution is 2.24. The maximum atomic E-state index is 13.3. The molecule has 5 nitrogen and oxygen atoms in total. The second-order valence-electron chi connectivity index (χ2n) is 6.36. The van der Waals surface area contributed by atoms with Crippen LogP contribution in [-0.4, -0.2) is 25.1 Å². The molecule has 0 atom stereocenters. The zero-order valence-electron chi connectivity index (χ0n) is 15.5. The van der Waals surface area contributed by atoms with Crippen LogP contribution in [0.1, 0.15) is 34.1 Å². The van der Waals surface area contributed by atoms with E-state index in [9.17, 15) is 22.0 Å². The molecule has 2 aromatic carbocycles. The van der Waals surface area contributed by atoms with Crippen LogP contribution in [0.2, 0.25) is 0 Å². The van der Waals surface area contributed by atoms with E-state index in [4.69, 9.17) is 0 Å². The number of aromatic nitrogens is 1. The Morgan fingerprint density at radius 2 is 1.83 bits per heavy atom. The Hall–Kier alpha value is -2.65. The van der Waals surface area contributed by atoms with Gasteiger partial charge >= 0.3 is 0 Å². The Morgan fingerprint density at radius 3 is 2.52 bits per heavy atom. The molecule has 3 rings (SSSR count). The first-order valence-electron chi connectivity index (χ1n) is 8.81. The number of thiazole rings is 1. The Balaban J connectivity index is 1.78. The number of carbonyl (C=O) groups is 1. The van der Waals surface area contributed by atoms with Gasteiger partial charge in [-0.1, -0.05) is 19.1 Å². The Labute approximate surface area is 171 Å². The summed E-state index contributed by atoms with van der Waals surface area (Å²) in [6.07, 6.45) is 2.20. The predicted molar refractivity (Wildman–Crippen MR) is 108 cm³/mol. The lowest BCUT2D eigenvalue weighted by Crippen LogP contribution is -2.17. The first-order chi connectivity index (χ1) is 13.8. The molecule has 0 radical (unpaired) electrons. The molecule has 3 aromatic rings. The van der Waals surface area contributed by atoms with E-state index >= 15 is 0 Å². The number of rotatable bonds is 7. The van der Waals surface area contributed by atoms with E-state index in [2.05, 4.69) is 10.3 Å². The number of halogens is 2. The quantitative estimate of drug-likeness (QED) is 0.594. The summed E-state index contributed by atoms with van der Waals surface area (Å²) in [6.45, 7) is 1.75. The Bertz CT molecular complexity index is 1120. The number of hydrogen-bond acceptors (Lipinski definition) is 5. The molecular weight excluding hydrogens is 418 g/mol. The zero-order valence-corrected chi connectivity index (χ0v) is 17.1. The van der Waals surface area contributed by atoms with Crippen LogP contribution in [0.15, 0.2) is 53.6 Å². The summed E-state index contributed by atoms with van der Waals surface area (Å²) in [4.78, 5) is 17.4. The van der Waals surface area contributed by atoms with Gasteiger partial charge in [-0.05, 0) is 36.2 Å². The van der Waals surface area contributed by atoms with Crippen LogP contribution in [0, 0.1) is 11.6 Å². The van der Waals surface area contributed by atoms with Crippen LogP contribution in [0.5, 0.6) is 0 Å². The smallest absolute Gasteiger partial charge is 0.258 e. The summed E-state index contributed by atoms with van der Waals surface area (Å²) in [5.41, 5.74) is 0.491. The number of amides is 1. The molecule has 0 unspecified atom stereocenters. The van der Waals surface area contributed by atoms with E-state index in [1.807, 2.05) is 0 Å². The molecule has 29 heavy (non-hydrogen) atoms. The number of anilines is 1. The maximum absolute atomic E-state index is 13.3. The second-order valence-corrected chi connectivity index (χ2v) is 9.55. The third-order valence-corrected chi connectivity index (χ3v) is 6.90. The highest BCUT2D eigenvalue weighted by Gasteiger charge is 2.22. The van der Waals surface area contributed by atoms with Gasteiger partial charge in [0.1, 0.15) is 11.6 Å². The van der Waals surface area contributed by atoms with Gasteiger partial charge in [0.05, 0.1) is 16.2 Å². The normalized spacial score (nSPS) is 11.4. The van der Waals surface area contributed by atoms with Gasteiger partial charge in [-0.3, -0.25) is 10.1 Å². The summed E-state index contributed by atoms with van der Waals surface area (Å²) in [6, 6.07) is 9.27. The van der Waals surface area contributed by atoms with Crippen LogP contribution in [0.25, 0.3) is 0 Å². The van der Waals surface area contributed by atoms with Crippen molar-refractivity contribution in [2.24, 2.45) is 0 Å². The van der Waals surface area contributed by atoms with Crippen LogP contribution in [0.3, 0.4) is 0 Å². The lowest BCUT2D eigenvalue weighted by Gasteiger charge is -2.09. The number of nitrogens with zero attached hydrogens (tertiary/aromatic N) is 1. The molecule has 152 valence electrons. The highest BCUT2D eigenvalue weighted by atomic mass is 32.2. The predicted octanol–water partition coefficient (Wildman–Crippen LogP) is 4.45. The molecule has 0 fully saturated rings. The fourth-order valence-corrected chi connectivity index (χ4v) is 5.21. The van der Waals surface area contributed by atoms with E-state index in [1.54, 1.807) is 19.1 Å². The average Bonchev–Trinajstić information content (AvgIpc) is 3.07. The number of hydrogen-bond donors (Lipinski definition) is 1. The first-order valence-corrected chi connectivity index (χ1v) is 11.3. The van der Waals surface area contributed by atoms with Gasteiger partial charge in [-0.15, -0.1) is 11.3 Å². The molecule has 0 aliphatic carbocycles. The van der Waals surface area contributed by atoms with Gasteiger partial charge in [0.15, 0.2) is 15.0 Å². The van der Waals surface area contributed by atoms with E-state index in [1.165, 1.54) is 30.5 Å². The number of sulfone groups is 1. The van der Waals surface area contributed by atoms with Crippen molar-refractivity contribution in [2.75, 3.05) is 11.1 Å². The lowest BCUT2D eigenvalue weighted by atomic mass is 10.1. The number of nitrogens with one attached hydrogen (secondary N) is 1. The molecule has 0 spiro atoms. The summed E-state index contributed by atoms with van der Waals surface area (Å²) in [7, 11) is -3.57. The molecule has 1 amide bonds. The number of benzene rings is 2. The minimum Gasteiger partial charge on any atom is -0.298 e. The zero-order chi connectivity index (χ0) is 21.0. The van der Waals surface area contributed by atoms with Crippen molar-refractivity contribution in [1.82, 2.24) is 4.98 Å². The van der Waals surface area contributed by atoms with Crippen molar-refractivity contribution in [2.45, 2.75) is 24.7 Å². The summed E-state index contributed by atoms with van der Waals surface area (Å²) in [5.74, 6) is -1.97. The molecule has 1 aromatic heterocycles. The molecule has 1 heterocycles. The molecule has 9 heteroatoms. The van der Waals surface area contributed by atoms with Crippen LogP contribution < -0.4 is 5.32 Å². The summed E-state index contributed by atoms with van der Waals surface area (Å²) in [5, 5.41) is 2.87. The van der Waals surface area contributed by atoms with Crippen LogP contribution >= 0.6 is 11.3 Å². The molecule has 0 aliphatic heterocycles. The Morgan fingerprint density at radius 1 is 1.14 bits per heavy atom. The van der Waals surface area contributed by atoms with Crippen molar-refractivity contribution in [3.63, 3.8) is 0 Å².